The van der Waals surface area contributed by atoms with Crippen molar-refractivity contribution in [3.05, 3.63) is 40.7 Å². The predicted octanol–water partition coefficient (Wildman–Crippen LogP) is 6.05. The number of alkyl halides is 4. The van der Waals surface area contributed by atoms with Gasteiger partial charge in [-0.15, -0.1) is 11.6 Å². The average molecular weight is 321 g/mol. The zero-order chi connectivity index (χ0) is 15.5. The fourth-order valence-corrected chi connectivity index (χ4v) is 3.11. The van der Waals surface area contributed by atoms with E-state index < -0.39 is 17.6 Å². The van der Waals surface area contributed by atoms with E-state index in [1.165, 1.54) is 6.42 Å². The van der Waals surface area contributed by atoms with Crippen molar-refractivity contribution in [2.45, 2.75) is 38.3 Å². The highest BCUT2D eigenvalue weighted by Crippen LogP contribution is 2.33. The molecule has 0 nitrogen and oxygen atoms in total. The number of rotatable bonds is 3. The second-order valence-electron chi connectivity index (χ2n) is 5.46. The molecular weight excluding hydrogens is 304 g/mol. The van der Waals surface area contributed by atoms with Gasteiger partial charge in [0.1, 0.15) is 5.82 Å². The lowest BCUT2D eigenvalue weighted by Gasteiger charge is -2.23. The van der Waals surface area contributed by atoms with E-state index in [0.717, 1.165) is 43.4 Å². The summed E-state index contributed by atoms with van der Waals surface area (Å²) in [7, 11) is 0. The van der Waals surface area contributed by atoms with Crippen LogP contribution in [0.2, 0.25) is 0 Å². The van der Waals surface area contributed by atoms with E-state index in [4.69, 9.17) is 11.6 Å². The molecule has 5 heteroatoms. The van der Waals surface area contributed by atoms with E-state index >= 15 is 0 Å². The minimum Gasteiger partial charge on any atom is -0.207 e. The van der Waals surface area contributed by atoms with Crippen LogP contribution in [0.25, 0.3) is 6.08 Å². The molecule has 0 spiro atoms. The summed E-state index contributed by atoms with van der Waals surface area (Å²) in [6.07, 6.45) is 2.47. The molecule has 0 bridgehead atoms. The van der Waals surface area contributed by atoms with Crippen LogP contribution in [0.4, 0.5) is 17.6 Å². The number of hydrogen-bond acceptors (Lipinski definition) is 0. The van der Waals surface area contributed by atoms with Gasteiger partial charge >= 0.3 is 6.18 Å². The van der Waals surface area contributed by atoms with Crippen molar-refractivity contribution < 1.29 is 17.6 Å². The summed E-state index contributed by atoms with van der Waals surface area (Å²) >= 11 is 5.94. The first-order valence-corrected chi connectivity index (χ1v) is 7.58. The Morgan fingerprint density at radius 2 is 1.81 bits per heavy atom. The van der Waals surface area contributed by atoms with Crippen LogP contribution in [0, 0.1) is 11.7 Å². The maximum atomic E-state index is 13.4. The Kier molecular flexibility index (Phi) is 5.31. The lowest BCUT2D eigenvalue weighted by molar-refractivity contribution is -0.137. The minimum atomic E-state index is -4.54. The lowest BCUT2D eigenvalue weighted by Crippen LogP contribution is -2.10. The monoisotopic (exact) mass is 320 g/mol. The molecule has 1 aliphatic rings. The third-order valence-electron chi connectivity index (χ3n) is 3.88. The number of benzene rings is 1. The van der Waals surface area contributed by atoms with Gasteiger partial charge in [-0.1, -0.05) is 30.9 Å². The molecule has 0 radical (unpaired) electrons. The molecule has 0 atom stereocenters. The van der Waals surface area contributed by atoms with Crippen LogP contribution in [-0.2, 0) is 6.18 Å². The molecule has 0 amide bonds. The standard InChI is InChI=1S/C16H17ClF4/c17-10-13(12-4-2-1-3-5-12)6-11-7-14(16(19,20)21)9-15(18)8-11/h6-9,12H,1-5,10H2/b13-6-. The number of halogens is 5. The molecule has 21 heavy (non-hydrogen) atoms. The average Bonchev–Trinajstić information content (AvgIpc) is 2.44. The summed E-state index contributed by atoms with van der Waals surface area (Å²) in [5.41, 5.74) is 0.157. The van der Waals surface area contributed by atoms with Crippen molar-refractivity contribution in [2.75, 3.05) is 5.88 Å². The molecule has 1 aromatic rings. The first-order valence-electron chi connectivity index (χ1n) is 7.04. The molecule has 0 saturated heterocycles. The van der Waals surface area contributed by atoms with E-state index in [1.54, 1.807) is 6.08 Å². The Bertz CT molecular complexity index is 513. The van der Waals surface area contributed by atoms with Gasteiger partial charge < -0.3 is 0 Å². The summed E-state index contributed by atoms with van der Waals surface area (Å²) in [5.74, 6) is -0.315. The fourth-order valence-electron chi connectivity index (χ4n) is 2.81. The van der Waals surface area contributed by atoms with Crippen LogP contribution in [-0.4, -0.2) is 5.88 Å². The van der Waals surface area contributed by atoms with Crippen LogP contribution < -0.4 is 0 Å². The van der Waals surface area contributed by atoms with Crippen molar-refractivity contribution in [3.8, 4) is 0 Å². The quantitative estimate of drug-likeness (QED) is 0.470. The summed E-state index contributed by atoms with van der Waals surface area (Å²) < 4.78 is 51.5. The predicted molar refractivity (Wildman–Crippen MR) is 76.7 cm³/mol. The van der Waals surface area contributed by atoms with Crippen molar-refractivity contribution in [2.24, 2.45) is 5.92 Å². The maximum Gasteiger partial charge on any atom is 0.416 e. The summed E-state index contributed by atoms with van der Waals surface area (Å²) in [6, 6.07) is 2.60. The van der Waals surface area contributed by atoms with Gasteiger partial charge in [-0.05, 0) is 42.5 Å². The Morgan fingerprint density at radius 3 is 2.38 bits per heavy atom. The Morgan fingerprint density at radius 1 is 1.14 bits per heavy atom. The van der Waals surface area contributed by atoms with Crippen molar-refractivity contribution in [1.29, 1.82) is 0 Å². The van der Waals surface area contributed by atoms with Crippen LogP contribution in [0.1, 0.15) is 43.2 Å². The lowest BCUT2D eigenvalue weighted by atomic mass is 9.83. The van der Waals surface area contributed by atoms with E-state index in [0.29, 0.717) is 12.0 Å². The molecule has 1 aliphatic carbocycles. The molecule has 1 fully saturated rings. The van der Waals surface area contributed by atoms with E-state index in [1.807, 2.05) is 0 Å². The second kappa shape index (κ2) is 6.82. The van der Waals surface area contributed by atoms with Gasteiger partial charge in [0.25, 0.3) is 0 Å². The van der Waals surface area contributed by atoms with Crippen LogP contribution in [0.3, 0.4) is 0 Å². The second-order valence-corrected chi connectivity index (χ2v) is 5.73. The normalized spacial score (nSPS) is 18.0. The topological polar surface area (TPSA) is 0 Å². The molecule has 2 rings (SSSR count). The maximum absolute atomic E-state index is 13.4. The third-order valence-corrected chi connectivity index (χ3v) is 4.19. The minimum absolute atomic E-state index is 0.226. The van der Waals surface area contributed by atoms with Gasteiger partial charge in [-0.2, -0.15) is 13.2 Å². The fraction of sp³-hybridized carbons (Fsp3) is 0.500. The first kappa shape index (κ1) is 16.3. The van der Waals surface area contributed by atoms with E-state index in [9.17, 15) is 17.6 Å². The molecular formula is C16H17ClF4. The van der Waals surface area contributed by atoms with Crippen molar-refractivity contribution in [1.82, 2.24) is 0 Å². The largest absolute Gasteiger partial charge is 0.416 e. The van der Waals surface area contributed by atoms with Gasteiger partial charge in [0, 0.05) is 5.88 Å². The summed E-state index contributed by atoms with van der Waals surface area (Å²) in [4.78, 5) is 0. The van der Waals surface area contributed by atoms with Crippen LogP contribution in [0.5, 0.6) is 0 Å². The van der Waals surface area contributed by atoms with Crippen molar-refractivity contribution >= 4 is 17.7 Å². The van der Waals surface area contributed by atoms with Gasteiger partial charge in [-0.25, -0.2) is 4.39 Å². The Labute approximate surface area is 126 Å². The third kappa shape index (κ3) is 4.47. The van der Waals surface area contributed by atoms with E-state index in [-0.39, 0.29) is 11.4 Å². The van der Waals surface area contributed by atoms with Crippen LogP contribution >= 0.6 is 11.6 Å². The molecule has 0 N–H and O–H groups in total. The molecule has 0 heterocycles. The van der Waals surface area contributed by atoms with Gasteiger partial charge in [0.2, 0.25) is 0 Å². The zero-order valence-electron chi connectivity index (χ0n) is 11.5. The number of hydrogen-bond donors (Lipinski definition) is 0. The summed E-state index contributed by atoms with van der Waals surface area (Å²) in [6.45, 7) is 0. The first-order chi connectivity index (χ1) is 9.90. The molecule has 1 saturated carbocycles. The Balaban J connectivity index is 2.31. The smallest absolute Gasteiger partial charge is 0.207 e. The van der Waals surface area contributed by atoms with Crippen molar-refractivity contribution in [3.63, 3.8) is 0 Å². The zero-order valence-corrected chi connectivity index (χ0v) is 12.3. The summed E-state index contributed by atoms with van der Waals surface area (Å²) in [5, 5.41) is 0. The van der Waals surface area contributed by atoms with E-state index in [2.05, 4.69) is 0 Å². The highest BCUT2D eigenvalue weighted by molar-refractivity contribution is 6.19. The van der Waals surface area contributed by atoms with Gasteiger partial charge in [0.15, 0.2) is 0 Å². The highest BCUT2D eigenvalue weighted by atomic mass is 35.5. The van der Waals surface area contributed by atoms with Crippen LogP contribution in [0.15, 0.2) is 23.8 Å². The molecule has 1 aromatic carbocycles. The molecule has 0 aromatic heterocycles. The van der Waals surface area contributed by atoms with Gasteiger partial charge in [0.05, 0.1) is 5.56 Å². The molecule has 0 aliphatic heterocycles. The van der Waals surface area contributed by atoms with Gasteiger partial charge in [-0.3, -0.25) is 0 Å². The SMILES string of the molecule is Fc1cc(/C=C(/CCl)C2CCCCC2)cc(C(F)(F)F)c1. The highest BCUT2D eigenvalue weighted by Gasteiger charge is 2.31. The molecule has 116 valence electrons. The molecule has 0 unspecified atom stereocenters. The number of allylic oxidation sites excluding steroid dienone is 1. The Hall–Kier alpha value is -1.03.